The highest BCUT2D eigenvalue weighted by molar-refractivity contribution is 6.29. The standard InChI is InChI=1S/C10H9ClN6/c11-9-4-6-17-10(15-9)8(7-14-17)3-1-2-5-13-16-12/h1,3-4,6-7H,2,5H2. The number of nitrogens with zero attached hydrogens (tertiary/aromatic N) is 6. The molecule has 0 saturated heterocycles. The molecule has 0 fully saturated rings. The molecule has 86 valence electrons. The first-order chi connectivity index (χ1) is 8.31. The van der Waals surface area contributed by atoms with Crippen LogP contribution in [0.25, 0.3) is 22.2 Å². The number of hydrogen-bond donors (Lipinski definition) is 0. The van der Waals surface area contributed by atoms with Crippen molar-refractivity contribution in [1.82, 2.24) is 14.6 Å². The fraction of sp³-hybridized carbons (Fsp3) is 0.200. The highest BCUT2D eigenvalue weighted by Crippen LogP contribution is 2.13. The van der Waals surface area contributed by atoms with Crippen molar-refractivity contribution in [1.29, 1.82) is 0 Å². The summed E-state index contributed by atoms with van der Waals surface area (Å²) in [5.41, 5.74) is 9.71. The summed E-state index contributed by atoms with van der Waals surface area (Å²) < 4.78 is 1.65. The minimum Gasteiger partial charge on any atom is -0.222 e. The minimum atomic E-state index is 0.432. The first kappa shape index (κ1) is 11.4. The topological polar surface area (TPSA) is 79.0 Å². The predicted octanol–water partition coefficient (Wildman–Crippen LogP) is 3.10. The normalized spacial score (nSPS) is 10.9. The molecule has 2 heterocycles. The monoisotopic (exact) mass is 248 g/mol. The first-order valence-corrected chi connectivity index (χ1v) is 5.36. The van der Waals surface area contributed by atoms with Gasteiger partial charge >= 0.3 is 0 Å². The molecule has 2 aromatic heterocycles. The number of hydrogen-bond acceptors (Lipinski definition) is 3. The highest BCUT2D eigenvalue weighted by atomic mass is 35.5. The Morgan fingerprint density at radius 1 is 1.59 bits per heavy atom. The SMILES string of the molecule is [N-]=[N+]=NCCC=Cc1cnn2ccc(Cl)nc12. The number of rotatable bonds is 4. The fourth-order valence-corrected chi connectivity index (χ4v) is 1.51. The lowest BCUT2D eigenvalue weighted by molar-refractivity contribution is 0.939. The summed E-state index contributed by atoms with van der Waals surface area (Å²) in [6.07, 6.45) is 7.94. The van der Waals surface area contributed by atoms with E-state index in [0.29, 0.717) is 23.8 Å². The Hall–Kier alpha value is -2.04. The van der Waals surface area contributed by atoms with Crippen molar-refractivity contribution in [2.75, 3.05) is 6.54 Å². The summed E-state index contributed by atoms with van der Waals surface area (Å²) in [7, 11) is 0. The maximum atomic E-state index is 8.12. The quantitative estimate of drug-likeness (QED) is 0.274. The summed E-state index contributed by atoms with van der Waals surface area (Å²) in [6, 6.07) is 1.68. The van der Waals surface area contributed by atoms with E-state index >= 15 is 0 Å². The maximum absolute atomic E-state index is 8.12. The van der Waals surface area contributed by atoms with Crippen molar-refractivity contribution in [3.63, 3.8) is 0 Å². The fourth-order valence-electron chi connectivity index (χ4n) is 1.37. The molecule has 0 aliphatic heterocycles. The zero-order valence-electron chi connectivity index (χ0n) is 8.86. The van der Waals surface area contributed by atoms with Crippen LogP contribution in [0.5, 0.6) is 0 Å². The average Bonchev–Trinajstić information content (AvgIpc) is 2.72. The molecule has 2 rings (SSSR count). The molecule has 6 nitrogen and oxygen atoms in total. The van der Waals surface area contributed by atoms with Crippen molar-refractivity contribution in [3.05, 3.63) is 45.7 Å². The molecule has 0 amide bonds. The van der Waals surface area contributed by atoms with Crippen LogP contribution in [0.1, 0.15) is 12.0 Å². The second-order valence-corrected chi connectivity index (χ2v) is 3.65. The molecule has 0 saturated carbocycles. The Bertz CT molecular complexity index is 596. The number of fused-ring (bicyclic) bond motifs is 1. The Balaban J connectivity index is 2.18. The second kappa shape index (κ2) is 5.34. The van der Waals surface area contributed by atoms with E-state index < -0.39 is 0 Å². The molecule has 0 bridgehead atoms. The maximum Gasteiger partial charge on any atom is 0.163 e. The molecule has 2 aromatic rings. The molecule has 0 aliphatic carbocycles. The average molecular weight is 249 g/mol. The molecule has 0 unspecified atom stereocenters. The van der Waals surface area contributed by atoms with Gasteiger partial charge in [-0.15, -0.1) is 0 Å². The molecule has 0 radical (unpaired) electrons. The van der Waals surface area contributed by atoms with Gasteiger partial charge in [0.2, 0.25) is 0 Å². The van der Waals surface area contributed by atoms with Gasteiger partial charge in [-0.2, -0.15) is 5.10 Å². The van der Waals surface area contributed by atoms with E-state index in [2.05, 4.69) is 20.1 Å². The lowest BCUT2D eigenvalue weighted by Gasteiger charge is -1.93. The smallest absolute Gasteiger partial charge is 0.163 e. The van der Waals surface area contributed by atoms with Gasteiger partial charge in [-0.05, 0) is 18.0 Å². The number of halogens is 1. The number of azide groups is 1. The zero-order valence-corrected chi connectivity index (χ0v) is 9.62. The van der Waals surface area contributed by atoms with Gasteiger partial charge in [0.15, 0.2) is 5.65 Å². The van der Waals surface area contributed by atoms with Crippen LogP contribution in [0.15, 0.2) is 29.7 Å². The third kappa shape index (κ3) is 2.75. The molecule has 0 spiro atoms. The van der Waals surface area contributed by atoms with Crippen LogP contribution in [-0.4, -0.2) is 21.1 Å². The third-order valence-corrected chi connectivity index (χ3v) is 2.33. The lowest BCUT2D eigenvalue weighted by atomic mass is 10.3. The van der Waals surface area contributed by atoms with Gasteiger partial charge in [-0.3, -0.25) is 0 Å². The summed E-state index contributed by atoms with van der Waals surface area (Å²) in [6.45, 7) is 0.445. The van der Waals surface area contributed by atoms with Gasteiger partial charge in [0.1, 0.15) is 5.15 Å². The molecule has 17 heavy (non-hydrogen) atoms. The van der Waals surface area contributed by atoms with Gasteiger partial charge in [-0.1, -0.05) is 28.9 Å². The molecule has 0 atom stereocenters. The summed E-state index contributed by atoms with van der Waals surface area (Å²) in [5, 5.41) is 8.01. The summed E-state index contributed by atoms with van der Waals surface area (Å²) in [4.78, 5) is 6.86. The summed E-state index contributed by atoms with van der Waals surface area (Å²) >= 11 is 5.82. The minimum absolute atomic E-state index is 0.432. The Kier molecular flexibility index (Phi) is 3.59. The van der Waals surface area contributed by atoms with Gasteiger partial charge in [0.25, 0.3) is 0 Å². The van der Waals surface area contributed by atoms with Crippen LogP contribution in [0.2, 0.25) is 5.15 Å². The van der Waals surface area contributed by atoms with E-state index in [1.807, 2.05) is 12.2 Å². The van der Waals surface area contributed by atoms with Crippen molar-refractivity contribution < 1.29 is 0 Å². The number of aromatic nitrogens is 3. The van der Waals surface area contributed by atoms with E-state index in [9.17, 15) is 0 Å². The molecule has 0 N–H and O–H groups in total. The van der Waals surface area contributed by atoms with E-state index in [1.54, 1.807) is 23.0 Å². The van der Waals surface area contributed by atoms with Crippen LogP contribution in [0.4, 0.5) is 0 Å². The lowest BCUT2D eigenvalue weighted by Crippen LogP contribution is -1.88. The molecular formula is C10H9ClN6. The van der Waals surface area contributed by atoms with Gasteiger partial charge in [0, 0.05) is 23.2 Å². The van der Waals surface area contributed by atoms with E-state index in [4.69, 9.17) is 17.1 Å². The van der Waals surface area contributed by atoms with Crippen molar-refractivity contribution in [3.8, 4) is 0 Å². The zero-order chi connectivity index (χ0) is 12.1. The van der Waals surface area contributed by atoms with Crippen LogP contribution < -0.4 is 0 Å². The molecular weight excluding hydrogens is 240 g/mol. The van der Waals surface area contributed by atoms with Crippen LogP contribution in [0, 0.1) is 0 Å². The third-order valence-electron chi connectivity index (χ3n) is 2.12. The van der Waals surface area contributed by atoms with Crippen molar-refractivity contribution >= 4 is 23.3 Å². The van der Waals surface area contributed by atoms with Gasteiger partial charge < -0.3 is 0 Å². The van der Waals surface area contributed by atoms with E-state index in [-0.39, 0.29) is 0 Å². The summed E-state index contributed by atoms with van der Waals surface area (Å²) in [5.74, 6) is 0. The van der Waals surface area contributed by atoms with Crippen molar-refractivity contribution in [2.24, 2.45) is 5.11 Å². The largest absolute Gasteiger partial charge is 0.222 e. The Morgan fingerprint density at radius 2 is 2.47 bits per heavy atom. The Labute approximate surface area is 102 Å². The van der Waals surface area contributed by atoms with Crippen LogP contribution in [-0.2, 0) is 0 Å². The van der Waals surface area contributed by atoms with Gasteiger partial charge in [-0.25, -0.2) is 9.50 Å². The Morgan fingerprint density at radius 3 is 3.29 bits per heavy atom. The predicted molar refractivity (Wildman–Crippen MR) is 65.7 cm³/mol. The highest BCUT2D eigenvalue weighted by Gasteiger charge is 2.02. The molecule has 0 aliphatic rings. The van der Waals surface area contributed by atoms with Gasteiger partial charge in [0.05, 0.1) is 6.20 Å². The van der Waals surface area contributed by atoms with Crippen LogP contribution >= 0.6 is 11.6 Å². The van der Waals surface area contributed by atoms with Crippen molar-refractivity contribution in [2.45, 2.75) is 6.42 Å². The molecule has 0 aromatic carbocycles. The van der Waals surface area contributed by atoms with E-state index in [1.165, 1.54) is 0 Å². The van der Waals surface area contributed by atoms with Crippen LogP contribution in [0.3, 0.4) is 0 Å². The second-order valence-electron chi connectivity index (χ2n) is 3.26. The van der Waals surface area contributed by atoms with E-state index in [0.717, 1.165) is 5.56 Å². The first-order valence-electron chi connectivity index (χ1n) is 4.98. The molecule has 7 heteroatoms.